The fraction of sp³-hybridized carbons (Fsp3) is 0.167. The number of nitrogens with zero attached hydrogens (tertiary/aromatic N) is 4. The van der Waals surface area contributed by atoms with E-state index in [1.54, 1.807) is 13.1 Å². The SMILES string of the molecule is Cn1nc(C#N)c([N+](=O)[O-])c1NCc1ccccc1. The molecule has 7 heteroatoms. The van der Waals surface area contributed by atoms with Gasteiger partial charge in [-0.25, -0.2) is 4.68 Å². The zero-order valence-electron chi connectivity index (χ0n) is 10.2. The minimum Gasteiger partial charge on any atom is -0.360 e. The molecule has 1 aromatic heterocycles. The number of nitriles is 1. The molecule has 0 saturated carbocycles. The van der Waals surface area contributed by atoms with E-state index in [-0.39, 0.29) is 17.2 Å². The fourth-order valence-electron chi connectivity index (χ4n) is 1.74. The lowest BCUT2D eigenvalue weighted by Crippen LogP contribution is -2.06. The van der Waals surface area contributed by atoms with Crippen LogP contribution in [0.1, 0.15) is 11.3 Å². The maximum atomic E-state index is 11.0. The minimum absolute atomic E-state index is 0.192. The summed E-state index contributed by atoms with van der Waals surface area (Å²) in [4.78, 5) is 10.4. The number of aromatic nitrogens is 2. The Balaban J connectivity index is 2.28. The molecule has 1 aromatic carbocycles. The maximum absolute atomic E-state index is 11.0. The second kappa shape index (κ2) is 5.18. The highest BCUT2D eigenvalue weighted by atomic mass is 16.6. The third kappa shape index (κ3) is 2.52. The van der Waals surface area contributed by atoms with Crippen molar-refractivity contribution in [2.45, 2.75) is 6.54 Å². The Labute approximate surface area is 109 Å². The lowest BCUT2D eigenvalue weighted by molar-refractivity contribution is -0.384. The monoisotopic (exact) mass is 257 g/mol. The van der Waals surface area contributed by atoms with E-state index in [0.29, 0.717) is 6.54 Å². The number of aryl methyl sites for hydroxylation is 1. The summed E-state index contributed by atoms with van der Waals surface area (Å²) in [5, 5.41) is 26.6. The van der Waals surface area contributed by atoms with Gasteiger partial charge in [-0.3, -0.25) is 10.1 Å². The van der Waals surface area contributed by atoms with Crippen LogP contribution in [0.25, 0.3) is 0 Å². The van der Waals surface area contributed by atoms with E-state index < -0.39 is 4.92 Å². The van der Waals surface area contributed by atoms with Gasteiger partial charge in [0.05, 0.1) is 4.92 Å². The number of hydrogen-bond acceptors (Lipinski definition) is 5. The Kier molecular flexibility index (Phi) is 3.43. The van der Waals surface area contributed by atoms with Gasteiger partial charge in [0.15, 0.2) is 0 Å². The van der Waals surface area contributed by atoms with Gasteiger partial charge >= 0.3 is 5.69 Å². The third-order valence-corrected chi connectivity index (χ3v) is 2.61. The van der Waals surface area contributed by atoms with Crippen molar-refractivity contribution in [1.29, 1.82) is 5.26 Å². The Bertz CT molecular complexity index is 642. The zero-order valence-corrected chi connectivity index (χ0v) is 10.2. The van der Waals surface area contributed by atoms with Crippen molar-refractivity contribution in [3.8, 4) is 6.07 Å². The van der Waals surface area contributed by atoms with Gasteiger partial charge in [-0.05, 0) is 5.56 Å². The number of nitrogens with one attached hydrogen (secondary N) is 1. The average Bonchev–Trinajstić information content (AvgIpc) is 2.74. The van der Waals surface area contributed by atoms with Crippen molar-refractivity contribution in [1.82, 2.24) is 9.78 Å². The number of hydrogen-bond donors (Lipinski definition) is 1. The molecule has 2 rings (SSSR count). The quantitative estimate of drug-likeness (QED) is 0.665. The number of nitro groups is 1. The highest BCUT2D eigenvalue weighted by molar-refractivity contribution is 5.63. The summed E-state index contributed by atoms with van der Waals surface area (Å²) >= 11 is 0. The molecule has 0 bridgehead atoms. The first-order valence-electron chi connectivity index (χ1n) is 5.52. The van der Waals surface area contributed by atoms with Crippen molar-refractivity contribution in [2.75, 3.05) is 5.32 Å². The van der Waals surface area contributed by atoms with E-state index in [1.807, 2.05) is 30.3 Å². The van der Waals surface area contributed by atoms with Crippen LogP contribution >= 0.6 is 0 Å². The summed E-state index contributed by atoms with van der Waals surface area (Å²) in [6.07, 6.45) is 0. The molecule has 0 radical (unpaired) electrons. The molecule has 0 fully saturated rings. The molecule has 0 aliphatic rings. The smallest absolute Gasteiger partial charge is 0.348 e. The van der Waals surface area contributed by atoms with Crippen LogP contribution in [0.5, 0.6) is 0 Å². The van der Waals surface area contributed by atoms with Gasteiger partial charge in [0.25, 0.3) is 0 Å². The van der Waals surface area contributed by atoms with Crippen LogP contribution < -0.4 is 5.32 Å². The van der Waals surface area contributed by atoms with Crippen molar-refractivity contribution in [3.05, 3.63) is 51.7 Å². The summed E-state index contributed by atoms with van der Waals surface area (Å²) in [6.45, 7) is 0.423. The first kappa shape index (κ1) is 12.6. The largest absolute Gasteiger partial charge is 0.360 e. The summed E-state index contributed by atoms with van der Waals surface area (Å²) in [5.74, 6) is 0.227. The van der Waals surface area contributed by atoms with E-state index >= 15 is 0 Å². The molecule has 0 unspecified atom stereocenters. The van der Waals surface area contributed by atoms with Crippen LogP contribution in [0.15, 0.2) is 30.3 Å². The standard InChI is InChI=1S/C12H11N5O2/c1-16-12(11(17(18)19)10(7-13)15-16)14-8-9-5-3-2-4-6-9/h2-6,14H,8H2,1H3. The van der Waals surface area contributed by atoms with Crippen molar-refractivity contribution < 1.29 is 4.92 Å². The van der Waals surface area contributed by atoms with E-state index in [1.165, 1.54) is 4.68 Å². The van der Waals surface area contributed by atoms with Crippen LogP contribution in [0.2, 0.25) is 0 Å². The second-order valence-corrected chi connectivity index (χ2v) is 3.88. The predicted molar refractivity (Wildman–Crippen MR) is 68.3 cm³/mol. The third-order valence-electron chi connectivity index (χ3n) is 2.61. The van der Waals surface area contributed by atoms with Crippen LogP contribution in [0.4, 0.5) is 11.5 Å². The van der Waals surface area contributed by atoms with Crippen LogP contribution in [0.3, 0.4) is 0 Å². The van der Waals surface area contributed by atoms with Gasteiger partial charge in [-0.2, -0.15) is 10.4 Å². The van der Waals surface area contributed by atoms with Crippen molar-refractivity contribution in [3.63, 3.8) is 0 Å². The molecule has 0 saturated heterocycles. The molecule has 0 atom stereocenters. The van der Waals surface area contributed by atoms with Gasteiger partial charge in [0.1, 0.15) is 6.07 Å². The number of benzene rings is 1. The molecular formula is C12H11N5O2. The summed E-state index contributed by atoms with van der Waals surface area (Å²) < 4.78 is 1.31. The molecule has 1 heterocycles. The number of anilines is 1. The van der Waals surface area contributed by atoms with Gasteiger partial charge < -0.3 is 5.32 Å². The average molecular weight is 257 g/mol. The molecule has 19 heavy (non-hydrogen) atoms. The molecule has 96 valence electrons. The molecular weight excluding hydrogens is 246 g/mol. The zero-order chi connectivity index (χ0) is 13.8. The van der Waals surface area contributed by atoms with Gasteiger partial charge in [-0.15, -0.1) is 0 Å². The maximum Gasteiger partial charge on any atom is 0.348 e. The minimum atomic E-state index is -0.598. The Morgan fingerprint density at radius 1 is 1.47 bits per heavy atom. The molecule has 0 amide bonds. The lowest BCUT2D eigenvalue weighted by Gasteiger charge is -2.05. The van der Waals surface area contributed by atoms with Crippen molar-refractivity contribution in [2.24, 2.45) is 7.05 Å². The number of rotatable bonds is 4. The van der Waals surface area contributed by atoms with Crippen molar-refractivity contribution >= 4 is 11.5 Å². The molecule has 0 aliphatic heterocycles. The first-order valence-corrected chi connectivity index (χ1v) is 5.52. The molecule has 0 spiro atoms. The summed E-state index contributed by atoms with van der Waals surface area (Å²) in [7, 11) is 1.56. The highest BCUT2D eigenvalue weighted by Gasteiger charge is 2.26. The van der Waals surface area contributed by atoms with Crippen LogP contribution in [-0.2, 0) is 13.6 Å². The lowest BCUT2D eigenvalue weighted by atomic mass is 10.2. The normalized spacial score (nSPS) is 9.89. The van der Waals surface area contributed by atoms with E-state index in [9.17, 15) is 10.1 Å². The Hall–Kier alpha value is -2.88. The van der Waals surface area contributed by atoms with E-state index in [2.05, 4.69) is 10.4 Å². The first-order chi connectivity index (χ1) is 9.13. The van der Waals surface area contributed by atoms with Gasteiger partial charge in [0.2, 0.25) is 11.5 Å². The molecule has 2 aromatic rings. The molecule has 7 nitrogen and oxygen atoms in total. The second-order valence-electron chi connectivity index (χ2n) is 3.88. The highest BCUT2D eigenvalue weighted by Crippen LogP contribution is 2.27. The van der Waals surface area contributed by atoms with Crippen LogP contribution in [0, 0.1) is 21.4 Å². The summed E-state index contributed by atoms with van der Waals surface area (Å²) in [5.41, 5.74) is 0.500. The summed E-state index contributed by atoms with van der Waals surface area (Å²) in [6, 6.07) is 11.2. The van der Waals surface area contributed by atoms with Crippen LogP contribution in [-0.4, -0.2) is 14.7 Å². The van der Waals surface area contributed by atoms with E-state index in [4.69, 9.17) is 5.26 Å². The molecule has 0 aliphatic carbocycles. The Morgan fingerprint density at radius 2 is 2.16 bits per heavy atom. The topological polar surface area (TPSA) is 96.8 Å². The fourth-order valence-corrected chi connectivity index (χ4v) is 1.74. The Morgan fingerprint density at radius 3 is 2.74 bits per heavy atom. The van der Waals surface area contributed by atoms with E-state index in [0.717, 1.165) is 5.56 Å². The predicted octanol–water partition coefficient (Wildman–Crippen LogP) is 1.81. The van der Waals surface area contributed by atoms with Gasteiger partial charge in [-0.1, -0.05) is 30.3 Å². The molecule has 1 N–H and O–H groups in total. The van der Waals surface area contributed by atoms with Gasteiger partial charge in [0, 0.05) is 13.6 Å².